The van der Waals surface area contributed by atoms with Gasteiger partial charge in [0.1, 0.15) is 5.54 Å². The van der Waals surface area contributed by atoms with E-state index in [1.54, 1.807) is 18.5 Å². The predicted molar refractivity (Wildman–Crippen MR) is 110 cm³/mol. The Kier molecular flexibility index (Phi) is 3.78. The lowest BCUT2D eigenvalue weighted by atomic mass is 9.90. The van der Waals surface area contributed by atoms with Crippen molar-refractivity contribution in [3.8, 4) is 0 Å². The van der Waals surface area contributed by atoms with E-state index < -0.39 is 11.6 Å². The molecule has 0 aliphatic carbocycles. The molecular formula is C21H16N4O3S. The molecule has 144 valence electrons. The summed E-state index contributed by atoms with van der Waals surface area (Å²) >= 11 is 1.32. The fourth-order valence-electron chi connectivity index (χ4n) is 3.67. The molecule has 1 aliphatic heterocycles. The van der Waals surface area contributed by atoms with Crippen molar-refractivity contribution in [2.75, 3.05) is 0 Å². The molecule has 1 aliphatic rings. The van der Waals surface area contributed by atoms with Gasteiger partial charge in [-0.15, -0.1) is 11.3 Å². The summed E-state index contributed by atoms with van der Waals surface area (Å²) in [6, 6.07) is 14.4. The zero-order chi connectivity index (χ0) is 20.2. The van der Waals surface area contributed by atoms with Crippen LogP contribution in [-0.2, 0) is 16.9 Å². The maximum atomic E-state index is 13.2. The highest BCUT2D eigenvalue weighted by molar-refractivity contribution is 7.15. The van der Waals surface area contributed by atoms with E-state index in [0.717, 1.165) is 15.7 Å². The average Bonchev–Trinajstić information content (AvgIpc) is 3.27. The molecule has 1 unspecified atom stereocenters. The zero-order valence-electron chi connectivity index (χ0n) is 15.5. The fourth-order valence-corrected chi connectivity index (χ4v) is 4.41. The lowest BCUT2D eigenvalue weighted by Crippen LogP contribution is -2.40. The number of hydrogen-bond donors (Lipinski definition) is 1. The van der Waals surface area contributed by atoms with Crippen LogP contribution in [0.4, 0.5) is 4.79 Å². The highest BCUT2D eigenvalue weighted by Crippen LogP contribution is 2.31. The van der Waals surface area contributed by atoms with Crippen LogP contribution in [0.15, 0.2) is 64.9 Å². The van der Waals surface area contributed by atoms with Crippen LogP contribution in [-0.4, -0.2) is 26.2 Å². The normalized spacial score (nSPS) is 19.3. The molecule has 1 atom stereocenters. The van der Waals surface area contributed by atoms with E-state index in [1.165, 1.54) is 21.8 Å². The monoisotopic (exact) mass is 404 g/mol. The Hall–Kier alpha value is -3.52. The number of carbonyl (C=O) groups is 2. The minimum absolute atomic E-state index is 0.0581. The van der Waals surface area contributed by atoms with E-state index in [-0.39, 0.29) is 18.0 Å². The van der Waals surface area contributed by atoms with Gasteiger partial charge in [-0.1, -0.05) is 36.4 Å². The van der Waals surface area contributed by atoms with Crippen molar-refractivity contribution < 1.29 is 9.59 Å². The fraction of sp³-hybridized carbons (Fsp3) is 0.143. The lowest BCUT2D eigenvalue weighted by Gasteiger charge is -2.22. The number of nitrogens with zero attached hydrogens (tertiary/aromatic N) is 3. The van der Waals surface area contributed by atoms with Gasteiger partial charge in [0.05, 0.1) is 12.2 Å². The molecule has 7 nitrogen and oxygen atoms in total. The Morgan fingerprint density at radius 3 is 2.69 bits per heavy atom. The van der Waals surface area contributed by atoms with Crippen LogP contribution in [0.3, 0.4) is 0 Å². The van der Waals surface area contributed by atoms with Gasteiger partial charge in [0.25, 0.3) is 11.5 Å². The maximum absolute atomic E-state index is 13.2. The molecular weight excluding hydrogens is 388 g/mol. The molecule has 2 aromatic carbocycles. The van der Waals surface area contributed by atoms with E-state index in [4.69, 9.17) is 0 Å². The van der Waals surface area contributed by atoms with Gasteiger partial charge in [-0.25, -0.2) is 9.78 Å². The van der Waals surface area contributed by atoms with Crippen molar-refractivity contribution in [1.29, 1.82) is 0 Å². The molecule has 0 radical (unpaired) electrons. The number of urea groups is 1. The third kappa shape index (κ3) is 2.72. The molecule has 0 spiro atoms. The molecule has 3 heterocycles. The van der Waals surface area contributed by atoms with Gasteiger partial charge in [-0.05, 0) is 29.3 Å². The van der Waals surface area contributed by atoms with Gasteiger partial charge in [-0.2, -0.15) is 0 Å². The third-order valence-electron chi connectivity index (χ3n) is 5.28. The van der Waals surface area contributed by atoms with E-state index in [1.807, 2.05) is 42.5 Å². The van der Waals surface area contributed by atoms with Crippen molar-refractivity contribution in [1.82, 2.24) is 19.6 Å². The van der Waals surface area contributed by atoms with Crippen LogP contribution >= 0.6 is 11.3 Å². The first-order valence-electron chi connectivity index (χ1n) is 9.05. The van der Waals surface area contributed by atoms with Crippen LogP contribution in [0, 0.1) is 0 Å². The van der Waals surface area contributed by atoms with Gasteiger partial charge in [0.2, 0.25) is 0 Å². The molecule has 2 aromatic heterocycles. The molecule has 1 N–H and O–H groups in total. The first-order valence-corrected chi connectivity index (χ1v) is 9.93. The number of nitrogens with one attached hydrogen (secondary N) is 1. The van der Waals surface area contributed by atoms with Crippen LogP contribution in [0.2, 0.25) is 0 Å². The number of benzene rings is 2. The molecule has 1 saturated heterocycles. The van der Waals surface area contributed by atoms with Gasteiger partial charge in [0.15, 0.2) is 4.96 Å². The Bertz CT molecular complexity index is 1360. The summed E-state index contributed by atoms with van der Waals surface area (Å²) in [6.45, 7) is 1.64. The second kappa shape index (κ2) is 6.25. The second-order valence-electron chi connectivity index (χ2n) is 7.15. The van der Waals surface area contributed by atoms with Crippen LogP contribution in [0.5, 0.6) is 0 Å². The minimum Gasteiger partial charge on any atom is -0.319 e. The Labute approximate surface area is 169 Å². The van der Waals surface area contributed by atoms with Gasteiger partial charge < -0.3 is 5.32 Å². The highest BCUT2D eigenvalue weighted by Gasteiger charge is 2.49. The molecule has 29 heavy (non-hydrogen) atoms. The molecule has 1 fully saturated rings. The van der Waals surface area contributed by atoms with Crippen molar-refractivity contribution in [2.45, 2.75) is 19.0 Å². The van der Waals surface area contributed by atoms with Crippen LogP contribution in [0.25, 0.3) is 15.7 Å². The standard InChI is InChI=1S/C21H16N4O3S/c1-21(15-7-6-13-4-2-3-5-14(13)10-15)18(27)25(19(28)23-21)12-16-11-17(26)24-8-9-29-20(24)22-16/h2-11H,12H2,1H3,(H,23,28). The number of aromatic nitrogens is 2. The number of fused-ring (bicyclic) bond motifs is 2. The van der Waals surface area contributed by atoms with Crippen LogP contribution in [0.1, 0.15) is 18.2 Å². The van der Waals surface area contributed by atoms with E-state index in [0.29, 0.717) is 16.2 Å². The molecule has 4 aromatic rings. The van der Waals surface area contributed by atoms with E-state index in [2.05, 4.69) is 10.3 Å². The summed E-state index contributed by atoms with van der Waals surface area (Å²) in [5, 5.41) is 6.62. The van der Waals surface area contributed by atoms with Crippen molar-refractivity contribution >= 4 is 39.0 Å². The van der Waals surface area contributed by atoms with Gasteiger partial charge in [0, 0.05) is 17.6 Å². The number of imide groups is 1. The molecule has 0 saturated carbocycles. The summed E-state index contributed by atoms with van der Waals surface area (Å²) in [6.07, 6.45) is 1.64. The summed E-state index contributed by atoms with van der Waals surface area (Å²) in [4.78, 5) is 44.1. The third-order valence-corrected chi connectivity index (χ3v) is 6.03. The Morgan fingerprint density at radius 1 is 1.07 bits per heavy atom. The maximum Gasteiger partial charge on any atom is 0.325 e. The summed E-state index contributed by atoms with van der Waals surface area (Å²) in [5.41, 5.74) is -0.332. The van der Waals surface area contributed by atoms with Crippen molar-refractivity contribution in [3.05, 3.63) is 81.7 Å². The molecule has 0 bridgehead atoms. The number of rotatable bonds is 3. The second-order valence-corrected chi connectivity index (χ2v) is 8.02. The summed E-state index contributed by atoms with van der Waals surface area (Å²) in [7, 11) is 0. The topological polar surface area (TPSA) is 83.8 Å². The summed E-state index contributed by atoms with van der Waals surface area (Å²) < 4.78 is 1.43. The quantitative estimate of drug-likeness (QED) is 0.532. The highest BCUT2D eigenvalue weighted by atomic mass is 32.1. The smallest absolute Gasteiger partial charge is 0.319 e. The van der Waals surface area contributed by atoms with Gasteiger partial charge in [-0.3, -0.25) is 18.9 Å². The zero-order valence-corrected chi connectivity index (χ0v) is 16.3. The Morgan fingerprint density at radius 2 is 1.86 bits per heavy atom. The minimum atomic E-state index is -1.18. The predicted octanol–water partition coefficient (Wildman–Crippen LogP) is 2.88. The molecule has 8 heteroatoms. The molecule has 3 amide bonds. The Balaban J connectivity index is 1.50. The van der Waals surface area contributed by atoms with E-state index >= 15 is 0 Å². The summed E-state index contributed by atoms with van der Waals surface area (Å²) in [5.74, 6) is -0.369. The van der Waals surface area contributed by atoms with Crippen molar-refractivity contribution in [2.24, 2.45) is 0 Å². The molecule has 5 rings (SSSR count). The number of thiazole rings is 1. The average molecular weight is 404 g/mol. The number of amides is 3. The SMILES string of the molecule is CC1(c2ccc3ccccc3c2)NC(=O)N(Cc2cc(=O)n3ccsc3n2)C1=O. The van der Waals surface area contributed by atoms with Crippen LogP contribution < -0.4 is 10.9 Å². The number of hydrogen-bond acceptors (Lipinski definition) is 5. The lowest BCUT2D eigenvalue weighted by molar-refractivity contribution is -0.131. The van der Waals surface area contributed by atoms with Crippen molar-refractivity contribution in [3.63, 3.8) is 0 Å². The number of carbonyl (C=O) groups excluding carboxylic acids is 2. The first-order chi connectivity index (χ1) is 14.0. The van der Waals surface area contributed by atoms with Gasteiger partial charge >= 0.3 is 6.03 Å². The van der Waals surface area contributed by atoms with E-state index in [9.17, 15) is 14.4 Å². The first kappa shape index (κ1) is 17.6. The largest absolute Gasteiger partial charge is 0.325 e.